The molecule has 0 aliphatic heterocycles. The van der Waals surface area contributed by atoms with E-state index in [4.69, 9.17) is 4.74 Å². The lowest BCUT2D eigenvalue weighted by molar-refractivity contribution is 0.388. The molecule has 1 aromatic heterocycles. The van der Waals surface area contributed by atoms with Crippen molar-refractivity contribution in [2.45, 2.75) is 39.2 Å². The molecule has 98 valence electrons. The van der Waals surface area contributed by atoms with Crippen LogP contribution in [0.15, 0.2) is 12.1 Å². The van der Waals surface area contributed by atoms with Crippen molar-refractivity contribution in [3.63, 3.8) is 0 Å². The number of ether oxygens (including phenoxy) is 1. The first-order chi connectivity index (χ1) is 8.81. The summed E-state index contributed by atoms with van der Waals surface area (Å²) >= 11 is 0. The summed E-state index contributed by atoms with van der Waals surface area (Å²) in [7, 11) is 1.59. The molecule has 1 N–H and O–H groups in total. The molecule has 0 bridgehead atoms. The molecule has 0 fully saturated rings. The highest BCUT2D eigenvalue weighted by Gasteiger charge is 2.12. The van der Waals surface area contributed by atoms with E-state index in [1.54, 1.807) is 7.11 Å². The molecule has 0 amide bonds. The summed E-state index contributed by atoms with van der Waals surface area (Å²) < 4.78 is 5.01. The van der Waals surface area contributed by atoms with E-state index in [2.05, 4.69) is 34.3 Å². The second-order valence-electron chi connectivity index (χ2n) is 3.97. The quantitative estimate of drug-likeness (QED) is 0.751. The Morgan fingerprint density at radius 2 is 2.22 bits per heavy atom. The first-order valence-corrected chi connectivity index (χ1v) is 6.32. The molecule has 0 radical (unpaired) electrons. The Kier molecular flexibility index (Phi) is 6.82. The van der Waals surface area contributed by atoms with Gasteiger partial charge in [-0.1, -0.05) is 6.92 Å². The van der Waals surface area contributed by atoms with Crippen molar-refractivity contribution < 1.29 is 4.74 Å². The van der Waals surface area contributed by atoms with Crippen molar-refractivity contribution in [2.24, 2.45) is 0 Å². The summed E-state index contributed by atoms with van der Waals surface area (Å²) in [6, 6.07) is 4.01. The van der Waals surface area contributed by atoms with Crippen LogP contribution in [0.1, 0.15) is 44.8 Å². The van der Waals surface area contributed by atoms with Crippen LogP contribution in [0.25, 0.3) is 0 Å². The lowest BCUT2D eigenvalue weighted by atomic mass is 10.1. The molecule has 0 saturated heterocycles. The molecule has 1 aromatic rings. The van der Waals surface area contributed by atoms with Gasteiger partial charge in [-0.05, 0) is 32.4 Å². The van der Waals surface area contributed by atoms with Crippen LogP contribution in [0.4, 0.5) is 0 Å². The number of hydrogen-bond donors (Lipinski definition) is 1. The second kappa shape index (κ2) is 8.48. The largest absolute Gasteiger partial charge is 0.480 e. The molecule has 4 heteroatoms. The molecule has 0 spiro atoms. The first kappa shape index (κ1) is 14.5. The fraction of sp³-hybridized carbons (Fsp3) is 0.571. The molecule has 0 aliphatic carbocycles. The van der Waals surface area contributed by atoms with Crippen molar-refractivity contribution in [3.8, 4) is 17.7 Å². The van der Waals surface area contributed by atoms with Crippen molar-refractivity contribution in [3.05, 3.63) is 17.8 Å². The van der Waals surface area contributed by atoms with Crippen molar-refractivity contribution in [2.75, 3.05) is 13.7 Å². The van der Waals surface area contributed by atoms with Crippen molar-refractivity contribution in [1.82, 2.24) is 15.5 Å². The number of nitrogens with one attached hydrogen (secondary N) is 1. The van der Waals surface area contributed by atoms with E-state index in [9.17, 15) is 0 Å². The minimum atomic E-state index is 0.212. The fourth-order valence-corrected chi connectivity index (χ4v) is 1.64. The van der Waals surface area contributed by atoms with E-state index < -0.39 is 0 Å². The van der Waals surface area contributed by atoms with Crippen LogP contribution < -0.4 is 10.1 Å². The number of hydrogen-bond acceptors (Lipinski definition) is 4. The van der Waals surface area contributed by atoms with Gasteiger partial charge in [0.05, 0.1) is 18.8 Å². The SMILES string of the molecule is CC#CCCC(NCCC)c1ccc(OC)nn1. The van der Waals surface area contributed by atoms with Gasteiger partial charge in [-0.15, -0.1) is 16.9 Å². The van der Waals surface area contributed by atoms with Crippen LogP contribution in [0.3, 0.4) is 0 Å². The van der Waals surface area contributed by atoms with Crippen LogP contribution in [-0.2, 0) is 0 Å². The maximum atomic E-state index is 5.01. The van der Waals surface area contributed by atoms with Gasteiger partial charge in [0.25, 0.3) is 0 Å². The third kappa shape index (κ3) is 4.72. The standard InChI is InChI=1S/C14H21N3O/c1-4-6-7-8-12(15-11-5-2)13-9-10-14(18-3)17-16-13/h9-10,12,15H,5,7-8,11H2,1-3H3. The van der Waals surface area contributed by atoms with E-state index in [1.807, 2.05) is 19.1 Å². The molecule has 1 unspecified atom stereocenters. The summed E-state index contributed by atoms with van der Waals surface area (Å²) in [6.45, 7) is 4.98. The molecule has 4 nitrogen and oxygen atoms in total. The van der Waals surface area contributed by atoms with Gasteiger partial charge in [0.1, 0.15) is 0 Å². The minimum absolute atomic E-state index is 0.212. The average Bonchev–Trinajstić information content (AvgIpc) is 2.43. The average molecular weight is 247 g/mol. The van der Waals surface area contributed by atoms with E-state index in [1.165, 1.54) is 0 Å². The number of rotatable bonds is 7. The van der Waals surface area contributed by atoms with Gasteiger partial charge < -0.3 is 10.1 Å². The van der Waals surface area contributed by atoms with Gasteiger partial charge in [0, 0.05) is 12.5 Å². The van der Waals surface area contributed by atoms with Gasteiger partial charge >= 0.3 is 0 Å². The monoisotopic (exact) mass is 247 g/mol. The summed E-state index contributed by atoms with van der Waals surface area (Å²) in [5, 5.41) is 11.7. The predicted octanol–water partition coefficient (Wildman–Crippen LogP) is 2.33. The maximum Gasteiger partial charge on any atom is 0.233 e. The van der Waals surface area contributed by atoms with Gasteiger partial charge in [-0.2, -0.15) is 5.10 Å². The minimum Gasteiger partial charge on any atom is -0.480 e. The van der Waals surface area contributed by atoms with Crippen molar-refractivity contribution >= 4 is 0 Å². The molecular weight excluding hydrogens is 226 g/mol. The Morgan fingerprint density at radius 3 is 2.78 bits per heavy atom. The lowest BCUT2D eigenvalue weighted by Crippen LogP contribution is -2.23. The second-order valence-corrected chi connectivity index (χ2v) is 3.97. The normalized spacial score (nSPS) is 11.5. The zero-order valence-electron chi connectivity index (χ0n) is 11.4. The van der Waals surface area contributed by atoms with E-state index in [-0.39, 0.29) is 6.04 Å². The number of aromatic nitrogens is 2. The van der Waals surface area contributed by atoms with Crippen LogP contribution in [-0.4, -0.2) is 23.9 Å². The van der Waals surface area contributed by atoms with E-state index >= 15 is 0 Å². The Labute approximate surface area is 109 Å². The van der Waals surface area contributed by atoms with E-state index in [0.717, 1.165) is 31.5 Å². The summed E-state index contributed by atoms with van der Waals surface area (Å²) in [5.74, 6) is 6.54. The van der Waals surface area contributed by atoms with Gasteiger partial charge in [0.2, 0.25) is 5.88 Å². The van der Waals surface area contributed by atoms with Crippen LogP contribution >= 0.6 is 0 Å². The maximum absolute atomic E-state index is 5.01. The molecule has 0 aliphatic rings. The number of nitrogens with zero attached hydrogens (tertiary/aromatic N) is 2. The molecule has 1 rings (SSSR count). The lowest BCUT2D eigenvalue weighted by Gasteiger charge is -2.16. The first-order valence-electron chi connectivity index (χ1n) is 6.32. The Hall–Kier alpha value is -1.60. The zero-order valence-corrected chi connectivity index (χ0v) is 11.4. The molecule has 0 aromatic carbocycles. The Morgan fingerprint density at radius 1 is 1.39 bits per heavy atom. The topological polar surface area (TPSA) is 47.0 Å². The summed E-state index contributed by atoms with van der Waals surface area (Å²) in [5.41, 5.74) is 0.946. The highest BCUT2D eigenvalue weighted by molar-refractivity contribution is 5.14. The summed E-state index contributed by atoms with van der Waals surface area (Å²) in [6.07, 6.45) is 2.91. The summed E-state index contributed by atoms with van der Waals surface area (Å²) in [4.78, 5) is 0. The Balaban J connectivity index is 2.68. The molecular formula is C14H21N3O. The van der Waals surface area contributed by atoms with Crippen LogP contribution in [0.2, 0.25) is 0 Å². The fourth-order valence-electron chi connectivity index (χ4n) is 1.64. The smallest absolute Gasteiger partial charge is 0.233 e. The van der Waals surface area contributed by atoms with Crippen molar-refractivity contribution in [1.29, 1.82) is 0 Å². The van der Waals surface area contributed by atoms with Crippen LogP contribution in [0.5, 0.6) is 5.88 Å². The Bertz CT molecular complexity index is 392. The third-order valence-electron chi connectivity index (χ3n) is 2.60. The molecule has 1 atom stereocenters. The van der Waals surface area contributed by atoms with E-state index in [0.29, 0.717) is 5.88 Å². The van der Waals surface area contributed by atoms with Gasteiger partial charge in [-0.3, -0.25) is 0 Å². The van der Waals surface area contributed by atoms with Crippen LogP contribution in [0, 0.1) is 11.8 Å². The van der Waals surface area contributed by atoms with Gasteiger partial charge in [0.15, 0.2) is 0 Å². The third-order valence-corrected chi connectivity index (χ3v) is 2.60. The zero-order chi connectivity index (χ0) is 13.2. The highest BCUT2D eigenvalue weighted by atomic mass is 16.5. The number of methoxy groups -OCH3 is 1. The molecule has 0 saturated carbocycles. The van der Waals surface area contributed by atoms with Gasteiger partial charge in [-0.25, -0.2) is 0 Å². The highest BCUT2D eigenvalue weighted by Crippen LogP contribution is 2.17. The molecule has 1 heterocycles. The predicted molar refractivity (Wildman–Crippen MR) is 72.3 cm³/mol. The molecule has 18 heavy (non-hydrogen) atoms.